The molecule has 4 aromatic rings. The molecule has 4 rings (SSSR count). The lowest BCUT2D eigenvalue weighted by Crippen LogP contribution is -2.34. The zero-order valence-electron chi connectivity index (χ0n) is 16.6. The van der Waals surface area contributed by atoms with Gasteiger partial charge in [0, 0.05) is 16.1 Å². The van der Waals surface area contributed by atoms with E-state index < -0.39 is 5.91 Å². The highest BCUT2D eigenvalue weighted by Gasteiger charge is 2.14. The third-order valence-corrected chi connectivity index (χ3v) is 5.15. The second kappa shape index (κ2) is 8.97. The predicted molar refractivity (Wildman–Crippen MR) is 126 cm³/mol. The number of fused-ring (bicyclic) bond motifs is 1. The Bertz CT molecular complexity index is 1340. The molecule has 7 heteroatoms. The fourth-order valence-electron chi connectivity index (χ4n) is 3.09. The highest BCUT2D eigenvalue weighted by atomic mass is 79.9. The smallest absolute Gasteiger partial charge is 0.280 e. The highest BCUT2D eigenvalue weighted by Crippen LogP contribution is 2.22. The van der Waals surface area contributed by atoms with Gasteiger partial charge < -0.3 is 4.74 Å². The quantitative estimate of drug-likeness (QED) is 0.427. The van der Waals surface area contributed by atoms with Gasteiger partial charge in [-0.15, -0.1) is 0 Å². The Balaban J connectivity index is 1.76. The number of benzene rings is 3. The summed E-state index contributed by atoms with van der Waals surface area (Å²) in [6.07, 6.45) is 3.05. The average molecular weight is 476 g/mol. The second-order valence-electron chi connectivity index (χ2n) is 6.69. The molecule has 0 atom stereocenters. The third kappa shape index (κ3) is 4.57. The number of methoxy groups -OCH3 is 1. The second-order valence-corrected chi connectivity index (χ2v) is 7.60. The normalized spacial score (nSPS) is 11.0. The summed E-state index contributed by atoms with van der Waals surface area (Å²) in [5.41, 5.74) is 4.33. The van der Waals surface area contributed by atoms with Crippen molar-refractivity contribution in [2.45, 2.75) is 0 Å². The van der Waals surface area contributed by atoms with Crippen LogP contribution in [0.15, 0.2) is 88.1 Å². The molecule has 0 saturated carbocycles. The number of nitrogens with one attached hydrogen (secondary N) is 1. The minimum Gasteiger partial charge on any atom is -0.497 e. The van der Waals surface area contributed by atoms with Crippen LogP contribution in [-0.2, 0) is 4.79 Å². The molecule has 0 bridgehead atoms. The molecule has 0 unspecified atom stereocenters. The molecule has 0 saturated heterocycles. The molecule has 0 radical (unpaired) electrons. The molecule has 31 heavy (non-hydrogen) atoms. The lowest BCUT2D eigenvalue weighted by Gasteiger charge is -2.14. The van der Waals surface area contributed by atoms with Crippen LogP contribution in [0, 0.1) is 0 Å². The van der Waals surface area contributed by atoms with Crippen LogP contribution in [0.1, 0.15) is 5.56 Å². The summed E-state index contributed by atoms with van der Waals surface area (Å²) in [5, 5.41) is 0.409. The van der Waals surface area contributed by atoms with Gasteiger partial charge in [0.2, 0.25) is 0 Å². The fraction of sp³-hybridized carbons (Fsp3) is 0.0417. The van der Waals surface area contributed by atoms with E-state index in [2.05, 4.69) is 26.3 Å². The van der Waals surface area contributed by atoms with E-state index in [0.717, 1.165) is 10.0 Å². The monoisotopic (exact) mass is 475 g/mol. The molecule has 0 fully saturated rings. The van der Waals surface area contributed by atoms with E-state index in [1.165, 1.54) is 10.8 Å². The zero-order chi connectivity index (χ0) is 21.8. The Morgan fingerprint density at radius 1 is 1.06 bits per heavy atom. The Morgan fingerprint density at radius 3 is 2.61 bits per heavy atom. The lowest BCUT2D eigenvalue weighted by atomic mass is 10.2. The van der Waals surface area contributed by atoms with Crippen LogP contribution in [0.4, 0.5) is 0 Å². The van der Waals surface area contributed by atoms with E-state index in [1.54, 1.807) is 55.7 Å². The minimum absolute atomic E-state index is 0.313. The number of amides is 1. The van der Waals surface area contributed by atoms with Crippen LogP contribution in [0.2, 0.25) is 0 Å². The Labute approximate surface area is 186 Å². The Kier molecular flexibility index (Phi) is 5.95. The van der Waals surface area contributed by atoms with E-state index in [-0.39, 0.29) is 5.56 Å². The first kappa shape index (κ1) is 20.6. The van der Waals surface area contributed by atoms with E-state index in [0.29, 0.717) is 28.0 Å². The maximum Gasteiger partial charge on any atom is 0.280 e. The molecule has 1 heterocycles. The molecule has 0 aliphatic rings. The largest absolute Gasteiger partial charge is 0.497 e. The number of aromatic nitrogens is 2. The summed E-state index contributed by atoms with van der Waals surface area (Å²) in [7, 11) is 1.56. The van der Waals surface area contributed by atoms with Crippen molar-refractivity contribution in [2.75, 3.05) is 12.5 Å². The van der Waals surface area contributed by atoms with Crippen LogP contribution in [-0.4, -0.2) is 22.7 Å². The van der Waals surface area contributed by atoms with Gasteiger partial charge in [0.25, 0.3) is 11.5 Å². The number of hydrogen-bond acceptors (Lipinski definition) is 4. The van der Waals surface area contributed by atoms with Crippen LogP contribution >= 0.6 is 15.9 Å². The van der Waals surface area contributed by atoms with Gasteiger partial charge in [-0.25, -0.2) is 4.98 Å². The first-order valence-corrected chi connectivity index (χ1v) is 10.3. The summed E-state index contributed by atoms with van der Waals surface area (Å²) in [4.78, 5) is 30.4. The number of rotatable bonds is 5. The van der Waals surface area contributed by atoms with Crippen molar-refractivity contribution in [3.63, 3.8) is 0 Å². The van der Waals surface area contributed by atoms with Gasteiger partial charge in [-0.05, 0) is 48.0 Å². The van der Waals surface area contributed by atoms with Gasteiger partial charge in [0.15, 0.2) is 5.82 Å². The van der Waals surface area contributed by atoms with Crippen molar-refractivity contribution in [1.29, 1.82) is 0 Å². The van der Waals surface area contributed by atoms with Gasteiger partial charge in [0.05, 0.1) is 18.0 Å². The van der Waals surface area contributed by atoms with E-state index >= 15 is 0 Å². The maximum absolute atomic E-state index is 13.2. The van der Waals surface area contributed by atoms with Crippen molar-refractivity contribution in [3.05, 3.63) is 99.3 Å². The SMILES string of the molecule is COc1cccc(-c2nc3ccccc3c(=O)n2NC(=O)C=Cc2ccc(Br)cc2)c1. The molecule has 1 N–H and O–H groups in total. The van der Waals surface area contributed by atoms with E-state index in [9.17, 15) is 9.59 Å². The van der Waals surface area contributed by atoms with Crippen molar-refractivity contribution < 1.29 is 9.53 Å². The standard InChI is InChI=1S/C24H18BrN3O3/c1-31-19-6-4-5-17(15-19)23-26-21-8-3-2-7-20(21)24(30)28(23)27-22(29)14-11-16-9-12-18(25)13-10-16/h2-15H,1H3,(H,27,29). The Hall–Kier alpha value is -3.71. The van der Waals surface area contributed by atoms with Gasteiger partial charge in [-0.1, -0.05) is 52.3 Å². The number of para-hydroxylation sites is 1. The summed E-state index contributed by atoms with van der Waals surface area (Å²) in [5.74, 6) is 0.479. The number of ether oxygens (including phenoxy) is 1. The number of carbonyl (C=O) groups excluding carboxylic acids is 1. The fourth-order valence-corrected chi connectivity index (χ4v) is 3.35. The van der Waals surface area contributed by atoms with Crippen LogP contribution in [0.5, 0.6) is 5.75 Å². The van der Waals surface area contributed by atoms with Gasteiger partial charge in [0.1, 0.15) is 5.75 Å². The van der Waals surface area contributed by atoms with Crippen LogP contribution in [0.3, 0.4) is 0 Å². The first-order chi connectivity index (χ1) is 15.0. The van der Waals surface area contributed by atoms with Crippen molar-refractivity contribution in [2.24, 2.45) is 0 Å². The molecule has 154 valence electrons. The number of nitrogens with zero attached hydrogens (tertiary/aromatic N) is 2. The molecule has 1 aromatic heterocycles. The van der Waals surface area contributed by atoms with Crippen molar-refractivity contribution in [1.82, 2.24) is 9.66 Å². The lowest BCUT2D eigenvalue weighted by molar-refractivity contribution is -0.112. The van der Waals surface area contributed by atoms with E-state index in [1.807, 2.05) is 30.3 Å². The van der Waals surface area contributed by atoms with Crippen LogP contribution < -0.4 is 15.7 Å². The molecule has 0 aliphatic heterocycles. The van der Waals surface area contributed by atoms with Crippen molar-refractivity contribution in [3.8, 4) is 17.1 Å². The number of carbonyl (C=O) groups is 1. The average Bonchev–Trinajstić information content (AvgIpc) is 2.80. The molecule has 0 aliphatic carbocycles. The zero-order valence-corrected chi connectivity index (χ0v) is 18.2. The Morgan fingerprint density at radius 2 is 1.84 bits per heavy atom. The minimum atomic E-state index is -0.453. The van der Waals surface area contributed by atoms with Gasteiger partial charge in [-0.3, -0.25) is 15.0 Å². The molecular formula is C24H18BrN3O3. The molecule has 1 amide bonds. The predicted octanol–water partition coefficient (Wildman–Crippen LogP) is 4.62. The first-order valence-electron chi connectivity index (χ1n) is 9.46. The molecular weight excluding hydrogens is 458 g/mol. The topological polar surface area (TPSA) is 73.2 Å². The summed E-state index contributed by atoms with van der Waals surface area (Å²) < 4.78 is 7.42. The molecule has 6 nitrogen and oxygen atoms in total. The molecule has 0 spiro atoms. The summed E-state index contributed by atoms with van der Waals surface area (Å²) >= 11 is 3.38. The molecule has 3 aromatic carbocycles. The van der Waals surface area contributed by atoms with Gasteiger partial charge >= 0.3 is 0 Å². The summed E-state index contributed by atoms with van der Waals surface area (Å²) in [6, 6.07) is 21.7. The number of hydrogen-bond donors (Lipinski definition) is 1. The highest BCUT2D eigenvalue weighted by molar-refractivity contribution is 9.10. The van der Waals surface area contributed by atoms with Gasteiger partial charge in [-0.2, -0.15) is 4.68 Å². The summed E-state index contributed by atoms with van der Waals surface area (Å²) in [6.45, 7) is 0. The van der Waals surface area contributed by atoms with Crippen molar-refractivity contribution >= 4 is 38.8 Å². The van der Waals surface area contributed by atoms with Crippen LogP contribution in [0.25, 0.3) is 28.4 Å². The third-order valence-electron chi connectivity index (χ3n) is 4.62. The number of halogens is 1. The van der Waals surface area contributed by atoms with E-state index in [4.69, 9.17) is 4.74 Å². The maximum atomic E-state index is 13.2.